The van der Waals surface area contributed by atoms with E-state index in [1.54, 1.807) is 6.92 Å². The molecule has 0 unspecified atom stereocenters. The minimum Gasteiger partial charge on any atom is -0.383 e. The first kappa shape index (κ1) is 12.6. The maximum atomic E-state index is 5.94. The molecule has 0 aliphatic heterocycles. The van der Waals surface area contributed by atoms with Gasteiger partial charge in [-0.2, -0.15) is 4.98 Å². The monoisotopic (exact) mass is 272 g/mol. The van der Waals surface area contributed by atoms with E-state index in [4.69, 9.17) is 10.3 Å². The van der Waals surface area contributed by atoms with Gasteiger partial charge >= 0.3 is 0 Å². The lowest BCUT2D eigenvalue weighted by Crippen LogP contribution is -2.05. The van der Waals surface area contributed by atoms with E-state index in [9.17, 15) is 0 Å². The summed E-state index contributed by atoms with van der Waals surface area (Å²) in [4.78, 5) is 12.6. The Bertz CT molecular complexity index is 773. The van der Waals surface area contributed by atoms with Gasteiger partial charge in [-0.05, 0) is 26.3 Å². The Kier molecular flexibility index (Phi) is 2.89. The molecular formula is C13H16N6O. The van der Waals surface area contributed by atoms with Crippen molar-refractivity contribution in [3.8, 4) is 0 Å². The second kappa shape index (κ2) is 4.59. The maximum Gasteiger partial charge on any atom is 0.228 e. The normalized spacial score (nSPS) is 11.3. The first-order valence-corrected chi connectivity index (χ1v) is 6.43. The van der Waals surface area contributed by atoms with Gasteiger partial charge in [0, 0.05) is 18.7 Å². The number of fused-ring (bicyclic) bond motifs is 1. The first-order valence-electron chi connectivity index (χ1n) is 6.43. The predicted octanol–water partition coefficient (Wildman–Crippen LogP) is 1.56. The summed E-state index contributed by atoms with van der Waals surface area (Å²) in [6.07, 6.45) is 2.15. The second-order valence-corrected chi connectivity index (χ2v) is 4.80. The van der Waals surface area contributed by atoms with Crippen molar-refractivity contribution in [3.05, 3.63) is 29.3 Å². The van der Waals surface area contributed by atoms with Gasteiger partial charge in [-0.25, -0.2) is 9.97 Å². The predicted molar refractivity (Wildman–Crippen MR) is 74.2 cm³/mol. The van der Waals surface area contributed by atoms with E-state index >= 15 is 0 Å². The van der Waals surface area contributed by atoms with Crippen molar-refractivity contribution in [2.75, 3.05) is 5.73 Å². The highest BCUT2D eigenvalue weighted by molar-refractivity contribution is 5.90. The smallest absolute Gasteiger partial charge is 0.228 e. The Morgan fingerprint density at radius 1 is 1.25 bits per heavy atom. The zero-order valence-electron chi connectivity index (χ0n) is 11.7. The summed E-state index contributed by atoms with van der Waals surface area (Å²) in [5.74, 6) is 1.79. The lowest BCUT2D eigenvalue weighted by Gasteiger charge is -2.05. The van der Waals surface area contributed by atoms with Crippen LogP contribution in [0.3, 0.4) is 0 Å². The molecule has 20 heavy (non-hydrogen) atoms. The van der Waals surface area contributed by atoms with Crippen LogP contribution in [-0.2, 0) is 13.0 Å². The van der Waals surface area contributed by atoms with Crippen LogP contribution < -0.4 is 5.73 Å². The van der Waals surface area contributed by atoms with Gasteiger partial charge in [-0.1, -0.05) is 5.16 Å². The molecule has 0 amide bonds. The third-order valence-corrected chi connectivity index (χ3v) is 3.55. The molecule has 3 aromatic rings. The van der Waals surface area contributed by atoms with Crippen LogP contribution in [-0.4, -0.2) is 24.7 Å². The number of nitrogens with two attached hydrogens (primary N) is 1. The molecule has 0 saturated heterocycles. The molecule has 0 saturated carbocycles. The molecule has 0 aliphatic carbocycles. The molecule has 0 aliphatic rings. The molecule has 0 radical (unpaired) electrons. The summed E-state index contributed by atoms with van der Waals surface area (Å²) in [5, 5.41) is 4.71. The molecular weight excluding hydrogens is 256 g/mol. The van der Waals surface area contributed by atoms with Crippen LogP contribution in [0.25, 0.3) is 11.0 Å². The minimum absolute atomic E-state index is 0.517. The van der Waals surface area contributed by atoms with Crippen LogP contribution in [0.15, 0.2) is 10.9 Å². The van der Waals surface area contributed by atoms with Crippen molar-refractivity contribution in [1.29, 1.82) is 0 Å². The van der Waals surface area contributed by atoms with E-state index < -0.39 is 0 Å². The highest BCUT2D eigenvalue weighted by atomic mass is 16.5. The minimum atomic E-state index is 0.517. The summed E-state index contributed by atoms with van der Waals surface area (Å²) in [5.41, 5.74) is 9.03. The Morgan fingerprint density at radius 3 is 2.75 bits per heavy atom. The van der Waals surface area contributed by atoms with Crippen molar-refractivity contribution in [2.24, 2.45) is 0 Å². The van der Waals surface area contributed by atoms with E-state index in [1.807, 2.05) is 6.92 Å². The van der Waals surface area contributed by atoms with Gasteiger partial charge in [-0.3, -0.25) is 0 Å². The van der Waals surface area contributed by atoms with Gasteiger partial charge in [0.25, 0.3) is 0 Å². The summed E-state index contributed by atoms with van der Waals surface area (Å²) in [7, 11) is 0. The van der Waals surface area contributed by atoms with Crippen LogP contribution in [0.2, 0.25) is 0 Å². The van der Waals surface area contributed by atoms with Gasteiger partial charge in [-0.15, -0.1) is 0 Å². The SMILES string of the molecule is Cc1noc(CCn2c(C)c(C)c3c(N)ncnc32)n1. The van der Waals surface area contributed by atoms with Crippen molar-refractivity contribution in [1.82, 2.24) is 24.7 Å². The Hall–Kier alpha value is -2.44. The van der Waals surface area contributed by atoms with Crippen molar-refractivity contribution in [3.63, 3.8) is 0 Å². The summed E-state index contributed by atoms with van der Waals surface area (Å²) in [6.45, 7) is 6.61. The lowest BCUT2D eigenvalue weighted by molar-refractivity contribution is 0.368. The van der Waals surface area contributed by atoms with Crippen LogP contribution >= 0.6 is 0 Å². The molecule has 0 fully saturated rings. The highest BCUT2D eigenvalue weighted by Gasteiger charge is 2.15. The van der Waals surface area contributed by atoms with E-state index in [1.165, 1.54) is 6.33 Å². The molecule has 104 valence electrons. The Labute approximate surface area is 115 Å². The molecule has 3 heterocycles. The number of nitrogen functional groups attached to an aromatic ring is 1. The van der Waals surface area contributed by atoms with Gasteiger partial charge in [0.15, 0.2) is 5.82 Å². The van der Waals surface area contributed by atoms with Crippen molar-refractivity contribution in [2.45, 2.75) is 33.7 Å². The second-order valence-electron chi connectivity index (χ2n) is 4.80. The average molecular weight is 272 g/mol. The quantitative estimate of drug-likeness (QED) is 0.777. The van der Waals surface area contributed by atoms with Crippen LogP contribution in [0.5, 0.6) is 0 Å². The topological polar surface area (TPSA) is 95.7 Å². The fourth-order valence-electron chi connectivity index (χ4n) is 2.42. The summed E-state index contributed by atoms with van der Waals surface area (Å²) >= 11 is 0. The largest absolute Gasteiger partial charge is 0.383 e. The zero-order chi connectivity index (χ0) is 14.3. The van der Waals surface area contributed by atoms with Gasteiger partial charge < -0.3 is 14.8 Å². The number of rotatable bonds is 3. The van der Waals surface area contributed by atoms with E-state index in [2.05, 4.69) is 31.6 Å². The number of hydrogen-bond acceptors (Lipinski definition) is 6. The van der Waals surface area contributed by atoms with Crippen molar-refractivity contribution < 1.29 is 4.52 Å². The fourth-order valence-corrected chi connectivity index (χ4v) is 2.42. The van der Waals surface area contributed by atoms with Crippen molar-refractivity contribution >= 4 is 16.9 Å². The van der Waals surface area contributed by atoms with E-state index in [0.29, 0.717) is 30.5 Å². The molecule has 7 nitrogen and oxygen atoms in total. The third kappa shape index (κ3) is 1.91. The van der Waals surface area contributed by atoms with Gasteiger partial charge in [0.05, 0.1) is 5.39 Å². The summed E-state index contributed by atoms with van der Waals surface area (Å²) < 4.78 is 7.25. The van der Waals surface area contributed by atoms with E-state index in [0.717, 1.165) is 22.3 Å². The van der Waals surface area contributed by atoms with Gasteiger partial charge in [0.2, 0.25) is 5.89 Å². The molecule has 0 atom stereocenters. The number of aromatic nitrogens is 5. The third-order valence-electron chi connectivity index (χ3n) is 3.55. The fraction of sp³-hybridized carbons (Fsp3) is 0.385. The maximum absolute atomic E-state index is 5.94. The Morgan fingerprint density at radius 2 is 2.05 bits per heavy atom. The molecule has 0 spiro atoms. The zero-order valence-corrected chi connectivity index (χ0v) is 11.7. The number of aryl methyl sites for hydroxylation is 4. The standard InChI is InChI=1S/C13H16N6O/c1-7-8(2)19(5-4-10-17-9(3)18-20-10)13-11(7)12(14)15-6-16-13/h6H,4-5H2,1-3H3,(H2,14,15,16). The first-order chi connectivity index (χ1) is 9.58. The molecule has 0 aromatic carbocycles. The molecule has 3 rings (SSSR count). The Balaban J connectivity index is 1.99. The molecule has 2 N–H and O–H groups in total. The van der Waals surface area contributed by atoms with Crippen LogP contribution in [0.1, 0.15) is 23.0 Å². The average Bonchev–Trinajstić information content (AvgIpc) is 2.93. The molecule has 7 heteroatoms. The number of nitrogens with zero attached hydrogens (tertiary/aromatic N) is 5. The highest BCUT2D eigenvalue weighted by Crippen LogP contribution is 2.26. The summed E-state index contributed by atoms with van der Waals surface area (Å²) in [6, 6.07) is 0. The van der Waals surface area contributed by atoms with Crippen LogP contribution in [0.4, 0.5) is 5.82 Å². The lowest BCUT2D eigenvalue weighted by atomic mass is 10.2. The number of anilines is 1. The molecule has 3 aromatic heterocycles. The van der Waals surface area contributed by atoms with Gasteiger partial charge in [0.1, 0.15) is 17.8 Å². The van der Waals surface area contributed by atoms with E-state index in [-0.39, 0.29) is 0 Å². The molecule has 0 bridgehead atoms. The van der Waals surface area contributed by atoms with Crippen LogP contribution in [0, 0.1) is 20.8 Å². The number of hydrogen-bond donors (Lipinski definition) is 1.